The third-order valence-electron chi connectivity index (χ3n) is 8.27. The van der Waals surface area contributed by atoms with Gasteiger partial charge in [-0.3, -0.25) is 9.36 Å². The summed E-state index contributed by atoms with van der Waals surface area (Å²) in [7, 11) is 0. The Balaban J connectivity index is 1.69. The average Bonchev–Trinajstić information content (AvgIpc) is 3.36. The van der Waals surface area contributed by atoms with Gasteiger partial charge in [0.1, 0.15) is 5.82 Å². The lowest BCUT2D eigenvalue weighted by Gasteiger charge is -2.45. The number of benzene rings is 1. The number of nitrogen functional groups attached to an aromatic ring is 1. The molecule has 1 aromatic carbocycles. The smallest absolute Gasteiger partial charge is 0.368 e. The first-order valence-electron chi connectivity index (χ1n) is 13.8. The summed E-state index contributed by atoms with van der Waals surface area (Å²) in [5.74, 6) is 0.359. The van der Waals surface area contributed by atoms with E-state index < -0.39 is 17.4 Å². The van der Waals surface area contributed by atoms with Crippen molar-refractivity contribution >= 4 is 61.9 Å². The molecule has 1 unspecified atom stereocenters. The van der Waals surface area contributed by atoms with Crippen LogP contribution in [0.1, 0.15) is 39.3 Å². The molecule has 0 radical (unpaired) electrons. The van der Waals surface area contributed by atoms with Gasteiger partial charge in [-0.15, -0.1) is 23.1 Å². The first-order valence-corrected chi connectivity index (χ1v) is 15.7. The number of nitrogens with zero attached hydrogens (tertiary/aromatic N) is 6. The number of fused-ring (bicyclic) bond motifs is 1. The van der Waals surface area contributed by atoms with Crippen LogP contribution < -0.4 is 16.3 Å². The van der Waals surface area contributed by atoms with Crippen LogP contribution in [-0.2, 0) is 11.0 Å². The maximum Gasteiger partial charge on any atom is 0.417 e. The normalized spacial score (nSPS) is 20.8. The molecule has 0 aliphatic carbocycles. The third kappa shape index (κ3) is 4.74. The van der Waals surface area contributed by atoms with Crippen LogP contribution in [0.25, 0.3) is 32.2 Å². The van der Waals surface area contributed by atoms with Crippen molar-refractivity contribution in [3.63, 3.8) is 0 Å². The minimum absolute atomic E-state index is 0.0235. The number of hydrogen-bond donors (Lipinski definition) is 1. The van der Waals surface area contributed by atoms with Crippen LogP contribution in [0.15, 0.2) is 40.0 Å². The highest BCUT2D eigenvalue weighted by atomic mass is 32.2. The number of carbonyl (C=O) groups is 1. The molecule has 0 bridgehead atoms. The predicted molar refractivity (Wildman–Crippen MR) is 165 cm³/mol. The van der Waals surface area contributed by atoms with Gasteiger partial charge in [-0.2, -0.15) is 18.2 Å². The summed E-state index contributed by atoms with van der Waals surface area (Å²) in [6.45, 7) is 11.9. The van der Waals surface area contributed by atoms with Gasteiger partial charge >= 0.3 is 11.9 Å². The van der Waals surface area contributed by atoms with Crippen molar-refractivity contribution in [2.24, 2.45) is 5.92 Å². The van der Waals surface area contributed by atoms with Crippen LogP contribution in [0.3, 0.4) is 0 Å². The number of thioether (sulfide) groups is 1. The SMILES string of the molecule is C=CC(=O)N1C[C@H](C)N(c2nc(=O)n3c4c(c(-c5csc6cnc(N)nc56)c(C(F)(F)F)cc24)SCC3C(C)C)C[C@H]1C. The largest absolute Gasteiger partial charge is 0.417 e. The molecule has 5 heterocycles. The highest BCUT2D eigenvalue weighted by Gasteiger charge is 2.41. The highest BCUT2D eigenvalue weighted by Crippen LogP contribution is 2.52. The summed E-state index contributed by atoms with van der Waals surface area (Å²) >= 11 is 2.56. The van der Waals surface area contributed by atoms with Crippen molar-refractivity contribution in [3.8, 4) is 11.1 Å². The third-order valence-corrected chi connectivity index (χ3v) is 10.4. The Morgan fingerprint density at radius 3 is 2.63 bits per heavy atom. The van der Waals surface area contributed by atoms with Gasteiger partial charge in [0.2, 0.25) is 11.9 Å². The number of anilines is 2. The van der Waals surface area contributed by atoms with Crippen LogP contribution in [0.5, 0.6) is 0 Å². The molecule has 226 valence electrons. The zero-order valence-electron chi connectivity index (χ0n) is 24.0. The second-order valence-electron chi connectivity index (χ2n) is 11.4. The molecule has 3 aromatic heterocycles. The highest BCUT2D eigenvalue weighted by molar-refractivity contribution is 7.99. The first kappa shape index (κ1) is 29.4. The number of nitrogens with two attached hydrogens (primary N) is 1. The second kappa shape index (κ2) is 10.5. The van der Waals surface area contributed by atoms with Crippen molar-refractivity contribution in [3.05, 3.63) is 46.3 Å². The Bertz CT molecular complexity index is 1850. The van der Waals surface area contributed by atoms with Crippen molar-refractivity contribution in [2.45, 2.75) is 56.9 Å². The number of amides is 1. The molecule has 1 fully saturated rings. The maximum atomic E-state index is 15.0. The molecule has 0 spiro atoms. The fourth-order valence-electron chi connectivity index (χ4n) is 6.11. The number of carbonyl (C=O) groups excluding carboxylic acids is 1. The van der Waals surface area contributed by atoms with Crippen molar-refractivity contribution in [1.29, 1.82) is 0 Å². The summed E-state index contributed by atoms with van der Waals surface area (Å²) in [5.41, 5.74) is 5.54. The van der Waals surface area contributed by atoms with E-state index in [-0.39, 0.29) is 59.2 Å². The van der Waals surface area contributed by atoms with Crippen molar-refractivity contribution in [2.75, 3.05) is 29.5 Å². The predicted octanol–water partition coefficient (Wildman–Crippen LogP) is 5.58. The Kier molecular flexibility index (Phi) is 7.19. The van der Waals surface area contributed by atoms with Gasteiger partial charge in [0.25, 0.3) is 0 Å². The molecular weight excluding hydrogens is 599 g/mol. The van der Waals surface area contributed by atoms with Crippen LogP contribution >= 0.6 is 23.1 Å². The van der Waals surface area contributed by atoms with E-state index in [9.17, 15) is 9.59 Å². The van der Waals surface area contributed by atoms with Gasteiger partial charge < -0.3 is 15.5 Å². The van der Waals surface area contributed by atoms with E-state index in [4.69, 9.17) is 5.73 Å². The molecule has 43 heavy (non-hydrogen) atoms. The minimum atomic E-state index is -4.73. The molecule has 9 nitrogen and oxygen atoms in total. The van der Waals surface area contributed by atoms with E-state index in [0.29, 0.717) is 38.5 Å². The molecule has 14 heteroatoms. The second-order valence-corrected chi connectivity index (χ2v) is 13.3. The average molecular weight is 630 g/mol. The lowest BCUT2D eigenvalue weighted by atomic mass is 9.96. The standard InChI is InChI=1S/C29H30F3N7O2S2/c1-6-21(40)37-9-15(5)38(10-14(37)4)26-16-7-18(29(30,31)32)22(17-11-42-20-8-34-27(33)35-23(17)20)25-24(16)39(28(41)36-26)19(12-43-25)13(2)3/h6-8,11,13-15,19H,1,9-10,12H2,2-5H3,(H2,33,34,35)/t14-,15+,19?/m1/s1. The van der Waals surface area contributed by atoms with E-state index in [1.54, 1.807) is 14.8 Å². The summed E-state index contributed by atoms with van der Waals surface area (Å²) in [6, 6.07) is 0.257. The number of halogens is 3. The van der Waals surface area contributed by atoms with Crippen LogP contribution in [0.4, 0.5) is 24.9 Å². The van der Waals surface area contributed by atoms with Gasteiger partial charge in [0.05, 0.1) is 33.5 Å². The molecule has 3 atom stereocenters. The van der Waals surface area contributed by atoms with E-state index >= 15 is 13.2 Å². The number of alkyl halides is 3. The van der Waals surface area contributed by atoms with E-state index in [1.165, 1.54) is 35.4 Å². The Morgan fingerprint density at radius 1 is 1.21 bits per heavy atom. The van der Waals surface area contributed by atoms with E-state index in [0.717, 1.165) is 6.07 Å². The van der Waals surface area contributed by atoms with E-state index in [1.807, 2.05) is 32.6 Å². The van der Waals surface area contributed by atoms with E-state index in [2.05, 4.69) is 21.5 Å². The molecule has 0 saturated carbocycles. The summed E-state index contributed by atoms with van der Waals surface area (Å²) in [6.07, 6.45) is -1.97. The van der Waals surface area contributed by atoms with Gasteiger partial charge in [-0.1, -0.05) is 20.4 Å². The number of piperazine rings is 1. The monoisotopic (exact) mass is 629 g/mol. The molecule has 2 aliphatic heterocycles. The van der Waals surface area contributed by atoms with Crippen molar-refractivity contribution < 1.29 is 18.0 Å². The summed E-state index contributed by atoms with van der Waals surface area (Å²) < 4.78 is 47.3. The summed E-state index contributed by atoms with van der Waals surface area (Å²) in [4.78, 5) is 43.0. The number of aromatic nitrogens is 4. The lowest BCUT2D eigenvalue weighted by Crippen LogP contribution is -2.58. The number of hydrogen-bond acceptors (Lipinski definition) is 9. The maximum absolute atomic E-state index is 15.0. The molecule has 2 aliphatic rings. The Labute approximate surface area is 253 Å². The first-order chi connectivity index (χ1) is 20.3. The van der Waals surface area contributed by atoms with Crippen molar-refractivity contribution in [1.82, 2.24) is 24.4 Å². The molecule has 6 rings (SSSR count). The molecule has 1 saturated heterocycles. The minimum Gasteiger partial charge on any atom is -0.368 e. The van der Waals surface area contributed by atoms with Gasteiger partial charge in [0, 0.05) is 57.7 Å². The van der Waals surface area contributed by atoms with Gasteiger partial charge in [-0.25, -0.2) is 14.8 Å². The fourth-order valence-corrected chi connectivity index (χ4v) is 8.55. The van der Waals surface area contributed by atoms with Crippen LogP contribution in [-0.4, -0.2) is 61.3 Å². The number of rotatable bonds is 4. The van der Waals surface area contributed by atoms with Crippen LogP contribution in [0, 0.1) is 5.92 Å². The molecule has 2 N–H and O–H groups in total. The fraction of sp³-hybridized carbons (Fsp3) is 0.414. The zero-order valence-corrected chi connectivity index (χ0v) is 25.6. The quantitative estimate of drug-likeness (QED) is 0.291. The summed E-state index contributed by atoms with van der Waals surface area (Å²) in [5, 5.41) is 1.89. The topological polar surface area (TPSA) is 110 Å². The van der Waals surface area contributed by atoms with Gasteiger partial charge in [0.15, 0.2) is 0 Å². The van der Waals surface area contributed by atoms with Gasteiger partial charge in [-0.05, 0) is 31.9 Å². The van der Waals surface area contributed by atoms with Crippen LogP contribution in [0.2, 0.25) is 0 Å². The Hall–Kier alpha value is -3.65. The Morgan fingerprint density at radius 2 is 1.95 bits per heavy atom. The molecule has 4 aromatic rings. The lowest BCUT2D eigenvalue weighted by molar-refractivity contribution is -0.137. The number of thiophene rings is 1. The zero-order chi connectivity index (χ0) is 31.0. The molecule has 1 amide bonds. The molecular formula is C29H30F3N7O2S2.